The molecular formula is C4H4ClFN2. The van der Waals surface area contributed by atoms with Crippen LogP contribution in [0.3, 0.4) is 0 Å². The van der Waals surface area contributed by atoms with Crippen LogP contribution < -0.4 is 0 Å². The lowest BCUT2D eigenvalue weighted by Gasteiger charge is -1.81. The van der Waals surface area contributed by atoms with Crippen LogP contribution >= 0.6 is 11.6 Å². The Morgan fingerprint density at radius 1 is 1.88 bits per heavy atom. The van der Waals surface area contributed by atoms with E-state index >= 15 is 0 Å². The van der Waals surface area contributed by atoms with Gasteiger partial charge in [-0.15, -0.1) is 11.6 Å². The Kier molecular flexibility index (Phi) is 1.48. The molecular weight excluding hydrogens is 131 g/mol. The van der Waals surface area contributed by atoms with E-state index in [1.165, 1.54) is 0 Å². The molecule has 0 aromatic carbocycles. The highest BCUT2D eigenvalue weighted by Crippen LogP contribution is 2.03. The second-order valence-corrected chi connectivity index (χ2v) is 1.60. The summed E-state index contributed by atoms with van der Waals surface area (Å²) >= 11 is 5.26. The van der Waals surface area contributed by atoms with Gasteiger partial charge < -0.3 is 0 Å². The molecule has 0 aliphatic carbocycles. The van der Waals surface area contributed by atoms with Gasteiger partial charge in [-0.3, -0.25) is 5.10 Å². The lowest BCUT2D eigenvalue weighted by molar-refractivity contribution is 0.617. The number of aromatic nitrogens is 2. The number of rotatable bonds is 1. The van der Waals surface area contributed by atoms with Gasteiger partial charge in [0, 0.05) is 0 Å². The van der Waals surface area contributed by atoms with Crippen molar-refractivity contribution in [3.05, 3.63) is 17.7 Å². The van der Waals surface area contributed by atoms with Crippen molar-refractivity contribution in [1.82, 2.24) is 10.2 Å². The van der Waals surface area contributed by atoms with Gasteiger partial charge in [-0.1, -0.05) is 0 Å². The van der Waals surface area contributed by atoms with E-state index < -0.39 is 0 Å². The van der Waals surface area contributed by atoms with Crippen LogP contribution in [-0.2, 0) is 5.88 Å². The van der Waals surface area contributed by atoms with Crippen molar-refractivity contribution in [2.75, 3.05) is 0 Å². The molecule has 0 radical (unpaired) electrons. The molecule has 4 heteroatoms. The van der Waals surface area contributed by atoms with Gasteiger partial charge in [0.15, 0.2) is 5.82 Å². The largest absolute Gasteiger partial charge is 0.278 e. The van der Waals surface area contributed by atoms with E-state index in [1.54, 1.807) is 0 Å². The van der Waals surface area contributed by atoms with Crippen molar-refractivity contribution in [2.24, 2.45) is 0 Å². The number of nitrogens with zero attached hydrogens (tertiary/aromatic N) is 1. The van der Waals surface area contributed by atoms with Crippen molar-refractivity contribution < 1.29 is 4.39 Å². The van der Waals surface area contributed by atoms with Crippen LogP contribution in [0.2, 0.25) is 0 Å². The van der Waals surface area contributed by atoms with Gasteiger partial charge in [0.1, 0.15) is 0 Å². The first-order valence-electron chi connectivity index (χ1n) is 2.08. The van der Waals surface area contributed by atoms with Crippen LogP contribution in [0, 0.1) is 5.82 Å². The molecule has 0 spiro atoms. The zero-order valence-corrected chi connectivity index (χ0v) is 4.74. The highest BCUT2D eigenvalue weighted by molar-refractivity contribution is 6.16. The summed E-state index contributed by atoms with van der Waals surface area (Å²) < 4.78 is 12.2. The molecule has 0 unspecified atom stereocenters. The molecule has 8 heavy (non-hydrogen) atoms. The van der Waals surface area contributed by atoms with E-state index in [-0.39, 0.29) is 11.7 Å². The quantitative estimate of drug-likeness (QED) is 0.576. The maximum absolute atomic E-state index is 12.2. The first-order valence-corrected chi connectivity index (χ1v) is 2.61. The number of hydrogen-bond donors (Lipinski definition) is 1. The van der Waals surface area contributed by atoms with E-state index in [1.807, 2.05) is 0 Å². The molecule has 2 nitrogen and oxygen atoms in total. The predicted octanol–water partition coefficient (Wildman–Crippen LogP) is 1.29. The van der Waals surface area contributed by atoms with Crippen molar-refractivity contribution in [1.29, 1.82) is 0 Å². The van der Waals surface area contributed by atoms with E-state index in [4.69, 9.17) is 11.6 Å². The van der Waals surface area contributed by atoms with E-state index in [0.717, 1.165) is 6.20 Å². The fraction of sp³-hybridized carbons (Fsp3) is 0.250. The molecule has 0 bridgehead atoms. The Labute approximate surface area is 50.7 Å². The third-order valence-corrected chi connectivity index (χ3v) is 1.07. The number of H-pyrrole nitrogens is 1. The molecule has 0 saturated heterocycles. The van der Waals surface area contributed by atoms with E-state index in [2.05, 4.69) is 10.2 Å². The smallest absolute Gasteiger partial charge is 0.165 e. The van der Waals surface area contributed by atoms with Gasteiger partial charge >= 0.3 is 0 Å². The molecule has 1 N–H and O–H groups in total. The summed E-state index contributed by atoms with van der Waals surface area (Å²) in [6.07, 6.45) is 1.09. The highest BCUT2D eigenvalue weighted by atomic mass is 35.5. The Bertz CT molecular complexity index is 174. The molecule has 1 heterocycles. The topological polar surface area (TPSA) is 28.7 Å². The number of alkyl halides is 1. The van der Waals surface area contributed by atoms with Gasteiger partial charge in [-0.25, -0.2) is 4.39 Å². The summed E-state index contributed by atoms with van der Waals surface area (Å²) in [7, 11) is 0. The van der Waals surface area contributed by atoms with Crippen LogP contribution in [-0.4, -0.2) is 10.2 Å². The summed E-state index contributed by atoms with van der Waals surface area (Å²) in [6, 6.07) is 0. The van der Waals surface area contributed by atoms with Gasteiger partial charge in [0.25, 0.3) is 0 Å². The highest BCUT2D eigenvalue weighted by Gasteiger charge is 1.98. The molecule has 1 aromatic rings. The number of aromatic amines is 1. The zero-order chi connectivity index (χ0) is 5.98. The van der Waals surface area contributed by atoms with Crippen molar-refractivity contribution in [3.8, 4) is 0 Å². The van der Waals surface area contributed by atoms with Crippen LogP contribution in [0.4, 0.5) is 4.39 Å². The standard InChI is InChI=1S/C4H4ClFN2/c5-1-4-3(6)2-7-8-4/h2H,1H2,(H,7,8). The average Bonchev–Trinajstić information content (AvgIpc) is 2.14. The maximum atomic E-state index is 12.2. The summed E-state index contributed by atoms with van der Waals surface area (Å²) in [5.41, 5.74) is 0.340. The van der Waals surface area contributed by atoms with Gasteiger partial charge in [0.05, 0.1) is 17.8 Å². The molecule has 44 valence electrons. The van der Waals surface area contributed by atoms with Crippen LogP contribution in [0.1, 0.15) is 5.69 Å². The minimum absolute atomic E-state index is 0.145. The van der Waals surface area contributed by atoms with Crippen LogP contribution in [0.5, 0.6) is 0 Å². The fourth-order valence-corrected chi connectivity index (χ4v) is 0.579. The Morgan fingerprint density at radius 2 is 2.62 bits per heavy atom. The third-order valence-electron chi connectivity index (χ3n) is 0.799. The predicted molar refractivity (Wildman–Crippen MR) is 28.1 cm³/mol. The third kappa shape index (κ3) is 0.816. The molecule has 0 atom stereocenters. The summed E-state index contributed by atoms with van der Waals surface area (Å²) in [6.45, 7) is 0. The summed E-state index contributed by atoms with van der Waals surface area (Å²) in [5, 5.41) is 5.81. The molecule has 0 fully saturated rings. The first kappa shape index (κ1) is 5.56. The zero-order valence-electron chi connectivity index (χ0n) is 3.99. The molecule has 1 rings (SSSR count). The molecule has 0 amide bonds. The van der Waals surface area contributed by atoms with Crippen LogP contribution in [0.25, 0.3) is 0 Å². The van der Waals surface area contributed by atoms with Crippen molar-refractivity contribution >= 4 is 11.6 Å². The normalized spacial score (nSPS) is 9.75. The fourth-order valence-electron chi connectivity index (χ4n) is 0.392. The van der Waals surface area contributed by atoms with Crippen LogP contribution in [0.15, 0.2) is 6.20 Å². The molecule has 1 aromatic heterocycles. The summed E-state index contributed by atoms with van der Waals surface area (Å²) in [5.74, 6) is -0.230. The van der Waals surface area contributed by atoms with E-state index in [0.29, 0.717) is 5.69 Å². The molecule has 0 aliphatic rings. The second kappa shape index (κ2) is 2.13. The van der Waals surface area contributed by atoms with Crippen molar-refractivity contribution in [3.63, 3.8) is 0 Å². The minimum atomic E-state index is -0.375. The Morgan fingerprint density at radius 3 is 2.88 bits per heavy atom. The van der Waals surface area contributed by atoms with Crippen molar-refractivity contribution in [2.45, 2.75) is 5.88 Å². The van der Waals surface area contributed by atoms with E-state index in [9.17, 15) is 4.39 Å². The maximum Gasteiger partial charge on any atom is 0.165 e. The van der Waals surface area contributed by atoms with Gasteiger partial charge in [0.2, 0.25) is 0 Å². The summed E-state index contributed by atoms with van der Waals surface area (Å²) in [4.78, 5) is 0. The number of nitrogens with one attached hydrogen (secondary N) is 1. The Hall–Kier alpha value is -0.570. The minimum Gasteiger partial charge on any atom is -0.278 e. The lowest BCUT2D eigenvalue weighted by Crippen LogP contribution is -1.79. The SMILES string of the molecule is Fc1cn[nH]c1CCl. The Balaban J connectivity index is 2.92. The molecule has 0 aliphatic heterocycles. The molecule has 0 saturated carbocycles. The first-order chi connectivity index (χ1) is 3.84. The van der Waals surface area contributed by atoms with Gasteiger partial charge in [-0.2, -0.15) is 5.10 Å². The second-order valence-electron chi connectivity index (χ2n) is 1.33. The number of halogens is 2. The lowest BCUT2D eigenvalue weighted by atomic mass is 10.5. The monoisotopic (exact) mass is 134 g/mol. The number of hydrogen-bond acceptors (Lipinski definition) is 1. The van der Waals surface area contributed by atoms with Gasteiger partial charge in [-0.05, 0) is 0 Å². The average molecular weight is 135 g/mol.